The zero-order chi connectivity index (χ0) is 10.1. The van der Waals surface area contributed by atoms with Gasteiger partial charge in [-0.2, -0.15) is 0 Å². The van der Waals surface area contributed by atoms with E-state index in [0.717, 1.165) is 13.0 Å². The molecule has 0 spiro atoms. The van der Waals surface area contributed by atoms with Gasteiger partial charge in [0.05, 0.1) is 6.54 Å². The summed E-state index contributed by atoms with van der Waals surface area (Å²) in [6.45, 7) is 6.70. The highest BCUT2D eigenvalue weighted by Crippen LogP contribution is 2.17. The topological polar surface area (TPSA) is 37.4 Å². The molecular weight excluding hydrogens is 166 g/mol. The second-order valence-corrected chi connectivity index (χ2v) is 4.59. The summed E-state index contributed by atoms with van der Waals surface area (Å²) in [7, 11) is 0. The Bertz CT molecular complexity index is 228. The first-order valence-electron chi connectivity index (χ1n) is 4.72. The van der Waals surface area contributed by atoms with Crippen LogP contribution in [-0.2, 0) is 9.59 Å². The maximum Gasteiger partial charge on any atom is 0.223 e. The number of rotatable bonds is 2. The van der Waals surface area contributed by atoms with Crippen LogP contribution in [0, 0.1) is 5.41 Å². The Balaban J connectivity index is 2.49. The standard InChI is InChI=1S/C10H17NO2/c1-10(2,3)8(12)7-11-6-4-5-9(11)13/h4-7H2,1-3H3. The summed E-state index contributed by atoms with van der Waals surface area (Å²) in [6, 6.07) is 0. The summed E-state index contributed by atoms with van der Waals surface area (Å²) in [5, 5.41) is 0. The molecule has 0 atom stereocenters. The van der Waals surface area contributed by atoms with Gasteiger partial charge in [-0.25, -0.2) is 0 Å². The van der Waals surface area contributed by atoms with E-state index >= 15 is 0 Å². The van der Waals surface area contributed by atoms with Gasteiger partial charge in [0.2, 0.25) is 5.91 Å². The van der Waals surface area contributed by atoms with Crippen LogP contribution in [0.25, 0.3) is 0 Å². The Kier molecular flexibility index (Phi) is 2.74. The highest BCUT2D eigenvalue weighted by Gasteiger charge is 2.27. The van der Waals surface area contributed by atoms with Crippen LogP contribution in [0.5, 0.6) is 0 Å². The van der Waals surface area contributed by atoms with E-state index < -0.39 is 0 Å². The molecule has 1 aliphatic rings. The molecule has 1 saturated heterocycles. The molecule has 0 aromatic carbocycles. The average Bonchev–Trinajstić information content (AvgIpc) is 2.34. The van der Waals surface area contributed by atoms with Gasteiger partial charge in [0, 0.05) is 18.4 Å². The molecular formula is C10H17NO2. The summed E-state index contributed by atoms with van der Waals surface area (Å²) in [6.07, 6.45) is 1.51. The van der Waals surface area contributed by atoms with E-state index in [2.05, 4.69) is 0 Å². The van der Waals surface area contributed by atoms with Gasteiger partial charge in [0.25, 0.3) is 0 Å². The summed E-state index contributed by atoms with van der Waals surface area (Å²) in [5.41, 5.74) is -0.330. The lowest BCUT2D eigenvalue weighted by Crippen LogP contribution is -2.36. The van der Waals surface area contributed by atoms with E-state index in [0.29, 0.717) is 13.0 Å². The second-order valence-electron chi connectivity index (χ2n) is 4.59. The molecule has 0 unspecified atom stereocenters. The Morgan fingerprint density at radius 3 is 2.46 bits per heavy atom. The van der Waals surface area contributed by atoms with Crippen molar-refractivity contribution >= 4 is 11.7 Å². The van der Waals surface area contributed by atoms with Gasteiger partial charge in [-0.05, 0) is 6.42 Å². The molecule has 13 heavy (non-hydrogen) atoms. The normalized spacial score (nSPS) is 18.1. The third-order valence-corrected chi connectivity index (χ3v) is 2.34. The molecule has 1 amide bonds. The lowest BCUT2D eigenvalue weighted by molar-refractivity contribution is -0.135. The van der Waals surface area contributed by atoms with E-state index in [1.54, 1.807) is 4.90 Å². The summed E-state index contributed by atoms with van der Waals surface area (Å²) in [4.78, 5) is 24.4. The second kappa shape index (κ2) is 3.48. The van der Waals surface area contributed by atoms with Crippen LogP contribution in [0.1, 0.15) is 33.6 Å². The van der Waals surface area contributed by atoms with Gasteiger partial charge in [0.15, 0.2) is 5.78 Å². The van der Waals surface area contributed by atoms with E-state index in [-0.39, 0.29) is 17.1 Å². The largest absolute Gasteiger partial charge is 0.335 e. The van der Waals surface area contributed by atoms with Crippen molar-refractivity contribution in [1.82, 2.24) is 4.90 Å². The Morgan fingerprint density at radius 2 is 2.08 bits per heavy atom. The molecule has 0 aliphatic carbocycles. The van der Waals surface area contributed by atoms with Crippen molar-refractivity contribution in [1.29, 1.82) is 0 Å². The fourth-order valence-electron chi connectivity index (χ4n) is 1.28. The number of carbonyl (C=O) groups is 2. The van der Waals surface area contributed by atoms with Crippen LogP contribution in [0.4, 0.5) is 0 Å². The van der Waals surface area contributed by atoms with Crippen molar-refractivity contribution < 1.29 is 9.59 Å². The number of nitrogens with zero attached hydrogens (tertiary/aromatic N) is 1. The van der Waals surface area contributed by atoms with Crippen LogP contribution in [0.2, 0.25) is 0 Å². The lowest BCUT2D eigenvalue weighted by atomic mass is 9.90. The molecule has 1 heterocycles. The first-order chi connectivity index (χ1) is 5.91. The predicted molar refractivity (Wildman–Crippen MR) is 50.3 cm³/mol. The average molecular weight is 183 g/mol. The van der Waals surface area contributed by atoms with Crippen molar-refractivity contribution in [2.24, 2.45) is 5.41 Å². The van der Waals surface area contributed by atoms with Gasteiger partial charge in [0.1, 0.15) is 0 Å². The minimum atomic E-state index is -0.330. The zero-order valence-electron chi connectivity index (χ0n) is 8.59. The fourth-order valence-corrected chi connectivity index (χ4v) is 1.28. The quantitative estimate of drug-likeness (QED) is 0.645. The van der Waals surface area contributed by atoms with Gasteiger partial charge in [-0.3, -0.25) is 9.59 Å². The van der Waals surface area contributed by atoms with E-state index in [1.807, 2.05) is 20.8 Å². The number of hydrogen-bond acceptors (Lipinski definition) is 2. The smallest absolute Gasteiger partial charge is 0.223 e. The number of amides is 1. The molecule has 3 heteroatoms. The Morgan fingerprint density at radius 1 is 1.46 bits per heavy atom. The first kappa shape index (κ1) is 10.2. The van der Waals surface area contributed by atoms with Gasteiger partial charge >= 0.3 is 0 Å². The molecule has 0 bridgehead atoms. The maximum atomic E-state index is 11.6. The molecule has 0 radical (unpaired) electrons. The fraction of sp³-hybridized carbons (Fsp3) is 0.800. The van der Waals surface area contributed by atoms with E-state index in [4.69, 9.17) is 0 Å². The number of ketones is 1. The SMILES string of the molecule is CC(C)(C)C(=O)CN1CCCC1=O. The van der Waals surface area contributed by atoms with Gasteiger partial charge < -0.3 is 4.90 Å². The molecule has 0 N–H and O–H groups in total. The predicted octanol–water partition coefficient (Wildman–Crippen LogP) is 1.22. The maximum absolute atomic E-state index is 11.6. The number of hydrogen-bond donors (Lipinski definition) is 0. The van der Waals surface area contributed by atoms with Crippen LogP contribution < -0.4 is 0 Å². The van der Waals surface area contributed by atoms with Crippen molar-refractivity contribution in [3.8, 4) is 0 Å². The summed E-state index contributed by atoms with van der Waals surface area (Å²) < 4.78 is 0. The number of Topliss-reactive ketones (excluding diaryl/α,β-unsaturated/α-hetero) is 1. The molecule has 74 valence electrons. The van der Waals surface area contributed by atoms with E-state index in [9.17, 15) is 9.59 Å². The first-order valence-corrected chi connectivity index (χ1v) is 4.72. The van der Waals surface area contributed by atoms with Gasteiger partial charge in [-0.1, -0.05) is 20.8 Å². The molecule has 1 aliphatic heterocycles. The van der Waals surface area contributed by atoms with Crippen molar-refractivity contribution in [2.75, 3.05) is 13.1 Å². The van der Waals surface area contributed by atoms with Crippen LogP contribution in [0.3, 0.4) is 0 Å². The van der Waals surface area contributed by atoms with Gasteiger partial charge in [-0.15, -0.1) is 0 Å². The molecule has 1 fully saturated rings. The minimum Gasteiger partial charge on any atom is -0.335 e. The molecule has 0 aromatic rings. The summed E-state index contributed by atoms with van der Waals surface area (Å²) >= 11 is 0. The zero-order valence-corrected chi connectivity index (χ0v) is 8.59. The molecule has 1 rings (SSSR count). The molecule has 0 aromatic heterocycles. The highest BCUT2D eigenvalue weighted by molar-refractivity contribution is 5.90. The number of carbonyl (C=O) groups excluding carboxylic acids is 2. The third kappa shape index (κ3) is 2.54. The Hall–Kier alpha value is -0.860. The Labute approximate surface area is 79.1 Å². The minimum absolute atomic E-state index is 0.123. The van der Waals surface area contributed by atoms with E-state index in [1.165, 1.54) is 0 Å². The van der Waals surface area contributed by atoms with Crippen LogP contribution in [0.15, 0.2) is 0 Å². The molecule has 3 nitrogen and oxygen atoms in total. The molecule has 0 saturated carbocycles. The lowest BCUT2D eigenvalue weighted by Gasteiger charge is -2.21. The van der Waals surface area contributed by atoms with Crippen LogP contribution >= 0.6 is 0 Å². The highest BCUT2D eigenvalue weighted by atomic mass is 16.2. The van der Waals surface area contributed by atoms with Crippen molar-refractivity contribution in [3.63, 3.8) is 0 Å². The summed E-state index contributed by atoms with van der Waals surface area (Å²) in [5.74, 6) is 0.264. The monoisotopic (exact) mass is 183 g/mol. The van der Waals surface area contributed by atoms with Crippen molar-refractivity contribution in [3.05, 3.63) is 0 Å². The van der Waals surface area contributed by atoms with Crippen LogP contribution in [-0.4, -0.2) is 29.7 Å². The third-order valence-electron chi connectivity index (χ3n) is 2.34. The van der Waals surface area contributed by atoms with Crippen molar-refractivity contribution in [2.45, 2.75) is 33.6 Å². The number of likely N-dealkylation sites (tertiary alicyclic amines) is 1.